The SMILES string of the molecule is COc1ccc(Cl)c(Cl)c1C(=O)O. The maximum Gasteiger partial charge on any atom is 0.341 e. The molecule has 0 saturated carbocycles. The largest absolute Gasteiger partial charge is 0.496 e. The van der Waals surface area contributed by atoms with Crippen LogP contribution in [0.15, 0.2) is 12.1 Å². The number of carbonyl (C=O) groups is 1. The summed E-state index contributed by atoms with van der Waals surface area (Å²) in [4.78, 5) is 10.7. The first kappa shape index (κ1) is 10.2. The summed E-state index contributed by atoms with van der Waals surface area (Å²) in [5.74, 6) is -0.966. The van der Waals surface area contributed by atoms with Crippen molar-refractivity contribution >= 4 is 29.2 Å². The highest BCUT2D eigenvalue weighted by molar-refractivity contribution is 6.44. The summed E-state index contributed by atoms with van der Waals surface area (Å²) in [5.41, 5.74) is -0.114. The van der Waals surface area contributed by atoms with Gasteiger partial charge in [-0.15, -0.1) is 0 Å². The van der Waals surface area contributed by atoms with Crippen LogP contribution in [0.4, 0.5) is 0 Å². The first-order chi connectivity index (χ1) is 6.07. The third kappa shape index (κ3) is 1.87. The maximum atomic E-state index is 10.7. The quantitative estimate of drug-likeness (QED) is 0.834. The Balaban J connectivity index is 3.41. The van der Waals surface area contributed by atoms with Crippen molar-refractivity contribution < 1.29 is 14.6 Å². The van der Waals surface area contributed by atoms with E-state index in [1.54, 1.807) is 0 Å². The van der Waals surface area contributed by atoms with Gasteiger partial charge in [0.2, 0.25) is 0 Å². The van der Waals surface area contributed by atoms with Crippen LogP contribution in [-0.4, -0.2) is 18.2 Å². The van der Waals surface area contributed by atoms with Gasteiger partial charge in [-0.05, 0) is 12.1 Å². The molecule has 5 heteroatoms. The summed E-state index contributed by atoms with van der Waals surface area (Å²) in [6.45, 7) is 0. The Morgan fingerprint density at radius 1 is 1.46 bits per heavy atom. The Morgan fingerprint density at radius 3 is 2.54 bits per heavy atom. The Labute approximate surface area is 84.8 Å². The second-order valence-electron chi connectivity index (χ2n) is 2.24. The fourth-order valence-corrected chi connectivity index (χ4v) is 1.30. The molecule has 0 radical (unpaired) electrons. The van der Waals surface area contributed by atoms with Gasteiger partial charge in [0.05, 0.1) is 17.2 Å². The zero-order valence-electron chi connectivity index (χ0n) is 6.67. The Hall–Kier alpha value is -0.930. The normalized spacial score (nSPS) is 9.77. The van der Waals surface area contributed by atoms with E-state index in [1.807, 2.05) is 0 Å². The molecule has 0 aliphatic carbocycles. The Kier molecular flexibility index (Phi) is 3.01. The van der Waals surface area contributed by atoms with E-state index in [-0.39, 0.29) is 21.4 Å². The summed E-state index contributed by atoms with van der Waals surface area (Å²) in [5, 5.41) is 8.97. The molecule has 0 aromatic heterocycles. The number of methoxy groups -OCH3 is 1. The maximum absolute atomic E-state index is 10.7. The molecule has 0 heterocycles. The van der Waals surface area contributed by atoms with Crippen molar-refractivity contribution in [3.63, 3.8) is 0 Å². The van der Waals surface area contributed by atoms with E-state index < -0.39 is 5.97 Å². The number of hydrogen-bond donors (Lipinski definition) is 1. The molecule has 0 amide bonds. The first-order valence-electron chi connectivity index (χ1n) is 3.33. The molecule has 0 unspecified atom stereocenters. The fourth-order valence-electron chi connectivity index (χ4n) is 0.902. The third-order valence-electron chi connectivity index (χ3n) is 1.49. The molecule has 1 aromatic carbocycles. The Bertz CT molecular complexity index is 349. The van der Waals surface area contributed by atoms with Gasteiger partial charge < -0.3 is 9.84 Å². The van der Waals surface area contributed by atoms with E-state index in [0.717, 1.165) is 0 Å². The molecule has 0 aliphatic rings. The summed E-state index contributed by atoms with van der Waals surface area (Å²) >= 11 is 11.3. The average molecular weight is 221 g/mol. The fraction of sp³-hybridized carbons (Fsp3) is 0.125. The van der Waals surface area contributed by atoms with Crippen LogP contribution in [-0.2, 0) is 0 Å². The molecule has 3 nitrogen and oxygen atoms in total. The van der Waals surface area contributed by atoms with Crippen molar-refractivity contribution in [3.05, 3.63) is 27.7 Å². The lowest BCUT2D eigenvalue weighted by molar-refractivity contribution is 0.0693. The molecular weight excluding hydrogens is 215 g/mol. The molecule has 0 saturated heterocycles. The van der Waals surface area contributed by atoms with Gasteiger partial charge >= 0.3 is 5.97 Å². The molecule has 0 atom stereocenters. The van der Waals surface area contributed by atoms with Crippen molar-refractivity contribution in [2.45, 2.75) is 0 Å². The third-order valence-corrected chi connectivity index (χ3v) is 2.29. The van der Waals surface area contributed by atoms with Crippen LogP contribution in [0.3, 0.4) is 0 Å². The van der Waals surface area contributed by atoms with Crippen LogP contribution in [0.25, 0.3) is 0 Å². The predicted molar refractivity (Wildman–Crippen MR) is 50.0 cm³/mol. The van der Waals surface area contributed by atoms with E-state index in [2.05, 4.69) is 0 Å². The number of ether oxygens (including phenoxy) is 1. The van der Waals surface area contributed by atoms with Crippen molar-refractivity contribution in [1.29, 1.82) is 0 Å². The smallest absolute Gasteiger partial charge is 0.341 e. The lowest BCUT2D eigenvalue weighted by Gasteiger charge is -2.06. The van der Waals surface area contributed by atoms with Crippen molar-refractivity contribution in [3.8, 4) is 5.75 Å². The lowest BCUT2D eigenvalue weighted by atomic mass is 10.2. The highest BCUT2D eigenvalue weighted by Crippen LogP contribution is 2.32. The predicted octanol–water partition coefficient (Wildman–Crippen LogP) is 2.70. The minimum absolute atomic E-state index is 0.00600. The van der Waals surface area contributed by atoms with Crippen LogP contribution in [0, 0.1) is 0 Å². The van der Waals surface area contributed by atoms with Gasteiger partial charge in [-0.25, -0.2) is 4.79 Å². The molecule has 0 fully saturated rings. The molecule has 0 spiro atoms. The van der Waals surface area contributed by atoms with Crippen molar-refractivity contribution in [1.82, 2.24) is 0 Å². The number of benzene rings is 1. The lowest BCUT2D eigenvalue weighted by Crippen LogP contribution is -2.01. The molecule has 13 heavy (non-hydrogen) atoms. The first-order valence-corrected chi connectivity index (χ1v) is 4.08. The zero-order chi connectivity index (χ0) is 10.0. The number of halogens is 2. The number of aromatic carboxylic acids is 1. The zero-order valence-corrected chi connectivity index (χ0v) is 8.19. The van der Waals surface area contributed by atoms with Gasteiger partial charge in [-0.2, -0.15) is 0 Å². The van der Waals surface area contributed by atoms with Crippen LogP contribution in [0.5, 0.6) is 5.75 Å². The van der Waals surface area contributed by atoms with Gasteiger partial charge in [-0.3, -0.25) is 0 Å². The molecule has 1 N–H and O–H groups in total. The number of rotatable bonds is 2. The molecule has 0 bridgehead atoms. The second-order valence-corrected chi connectivity index (χ2v) is 3.03. The minimum Gasteiger partial charge on any atom is -0.496 e. The van der Waals surface area contributed by atoms with E-state index in [0.29, 0.717) is 0 Å². The summed E-state index contributed by atoms with van der Waals surface area (Å²) < 4.78 is 4.82. The van der Waals surface area contributed by atoms with Gasteiger partial charge in [-0.1, -0.05) is 23.2 Å². The Morgan fingerprint density at radius 2 is 2.08 bits per heavy atom. The summed E-state index contributed by atoms with van der Waals surface area (Å²) in [6.07, 6.45) is 0. The van der Waals surface area contributed by atoms with E-state index >= 15 is 0 Å². The van der Waals surface area contributed by atoms with Gasteiger partial charge in [0.1, 0.15) is 11.3 Å². The highest BCUT2D eigenvalue weighted by Gasteiger charge is 2.17. The number of hydrogen-bond acceptors (Lipinski definition) is 2. The molecule has 70 valence electrons. The molecule has 1 aromatic rings. The number of carboxylic acids is 1. The number of carboxylic acid groups (broad SMARTS) is 1. The van der Waals surface area contributed by atoms with Crippen LogP contribution < -0.4 is 4.74 Å². The molecular formula is C8H6Cl2O3. The van der Waals surface area contributed by atoms with E-state index in [1.165, 1.54) is 19.2 Å². The monoisotopic (exact) mass is 220 g/mol. The van der Waals surface area contributed by atoms with Gasteiger partial charge in [0.15, 0.2) is 0 Å². The van der Waals surface area contributed by atoms with Crippen LogP contribution in [0.2, 0.25) is 10.0 Å². The van der Waals surface area contributed by atoms with E-state index in [4.69, 9.17) is 33.0 Å². The van der Waals surface area contributed by atoms with Crippen molar-refractivity contribution in [2.75, 3.05) is 7.11 Å². The van der Waals surface area contributed by atoms with Crippen molar-refractivity contribution in [2.24, 2.45) is 0 Å². The summed E-state index contributed by atoms with van der Waals surface area (Å²) in [6, 6.07) is 2.94. The highest BCUT2D eigenvalue weighted by atomic mass is 35.5. The molecule has 0 aliphatic heterocycles. The van der Waals surface area contributed by atoms with Crippen LogP contribution >= 0.6 is 23.2 Å². The minimum atomic E-state index is -1.16. The van der Waals surface area contributed by atoms with Gasteiger partial charge in [0, 0.05) is 0 Å². The average Bonchev–Trinajstić information content (AvgIpc) is 2.08. The molecule has 1 rings (SSSR count). The topological polar surface area (TPSA) is 46.5 Å². The second kappa shape index (κ2) is 3.85. The van der Waals surface area contributed by atoms with Crippen LogP contribution in [0.1, 0.15) is 10.4 Å². The van der Waals surface area contributed by atoms with E-state index in [9.17, 15) is 4.79 Å². The standard InChI is InChI=1S/C8H6Cl2O3/c1-13-5-3-2-4(9)7(10)6(5)8(11)12/h2-3H,1H3,(H,11,12). The summed E-state index contributed by atoms with van der Waals surface area (Å²) in [7, 11) is 1.37. The van der Waals surface area contributed by atoms with Gasteiger partial charge in [0.25, 0.3) is 0 Å².